The van der Waals surface area contributed by atoms with Crippen molar-refractivity contribution in [2.75, 3.05) is 26.0 Å². The third-order valence-electron chi connectivity index (χ3n) is 3.03. The number of nitrogen functional groups attached to an aromatic ring is 1. The number of nitrogens with zero attached hydrogens (tertiary/aromatic N) is 1. The van der Waals surface area contributed by atoms with E-state index in [4.69, 9.17) is 10.5 Å². The van der Waals surface area contributed by atoms with Crippen LogP contribution in [0.1, 0.15) is 12.8 Å². The molecule has 1 saturated carbocycles. The van der Waals surface area contributed by atoms with Gasteiger partial charge in [-0.05, 0) is 31.0 Å². The molecule has 0 heterocycles. The summed E-state index contributed by atoms with van der Waals surface area (Å²) in [7, 11) is -2.00. The van der Waals surface area contributed by atoms with E-state index >= 15 is 0 Å². The van der Waals surface area contributed by atoms with Crippen LogP contribution in [0.25, 0.3) is 0 Å². The first-order valence-corrected chi connectivity index (χ1v) is 8.26. The molecule has 0 atom stereocenters. The molecule has 0 spiro atoms. The molecule has 106 valence electrons. The molecule has 0 radical (unpaired) electrons. The molecule has 1 aliphatic carbocycles. The van der Waals surface area contributed by atoms with E-state index < -0.39 is 10.0 Å². The fraction of sp³-hybridized carbons (Fsp3) is 0.500. The summed E-state index contributed by atoms with van der Waals surface area (Å²) in [6.45, 7) is 0.735. The lowest BCUT2D eigenvalue weighted by molar-refractivity contribution is 0.177. The Kier molecular flexibility index (Phi) is 4.50. The predicted molar refractivity (Wildman–Crippen MR) is 77.3 cm³/mol. The van der Waals surface area contributed by atoms with Crippen LogP contribution in [0.15, 0.2) is 27.6 Å². The zero-order valence-corrected chi connectivity index (χ0v) is 13.1. The van der Waals surface area contributed by atoms with Crippen molar-refractivity contribution in [1.82, 2.24) is 4.31 Å². The summed E-state index contributed by atoms with van der Waals surface area (Å²) in [5.41, 5.74) is 6.07. The monoisotopic (exact) mass is 348 g/mol. The molecule has 7 heteroatoms. The Morgan fingerprint density at radius 2 is 2.16 bits per heavy atom. The summed E-state index contributed by atoms with van der Waals surface area (Å²) in [5, 5.41) is 0. The second kappa shape index (κ2) is 5.78. The average molecular weight is 349 g/mol. The lowest BCUT2D eigenvalue weighted by atomic mass is 10.3. The molecular weight excluding hydrogens is 332 g/mol. The summed E-state index contributed by atoms with van der Waals surface area (Å²) >= 11 is 3.28. The van der Waals surface area contributed by atoms with Crippen LogP contribution in [0.5, 0.6) is 0 Å². The van der Waals surface area contributed by atoms with Crippen molar-refractivity contribution in [2.45, 2.75) is 23.8 Å². The van der Waals surface area contributed by atoms with Crippen LogP contribution in [0, 0.1) is 0 Å². The second-order valence-corrected chi connectivity index (χ2v) is 7.30. The van der Waals surface area contributed by atoms with E-state index in [1.54, 1.807) is 25.3 Å². The number of hydrogen-bond acceptors (Lipinski definition) is 4. The Morgan fingerprint density at radius 3 is 2.74 bits per heavy atom. The van der Waals surface area contributed by atoms with Crippen LogP contribution in [0.3, 0.4) is 0 Å². The minimum Gasteiger partial charge on any atom is -0.398 e. The van der Waals surface area contributed by atoms with Gasteiger partial charge in [-0.2, -0.15) is 4.31 Å². The molecule has 1 fully saturated rings. The van der Waals surface area contributed by atoms with Crippen molar-refractivity contribution in [3.8, 4) is 0 Å². The minimum atomic E-state index is -3.56. The Bertz CT molecular complexity index is 558. The molecule has 1 aromatic carbocycles. The minimum absolute atomic E-state index is 0.0820. The van der Waals surface area contributed by atoms with Crippen molar-refractivity contribution in [3.63, 3.8) is 0 Å². The highest BCUT2D eigenvalue weighted by molar-refractivity contribution is 9.10. The van der Waals surface area contributed by atoms with Gasteiger partial charge in [0.05, 0.1) is 12.3 Å². The molecule has 2 N–H and O–H groups in total. The lowest BCUT2D eigenvalue weighted by Crippen LogP contribution is -2.36. The van der Waals surface area contributed by atoms with Crippen molar-refractivity contribution >= 4 is 31.6 Å². The number of rotatable bonds is 6. The Balaban J connectivity index is 2.35. The van der Waals surface area contributed by atoms with Gasteiger partial charge in [0.25, 0.3) is 0 Å². The van der Waals surface area contributed by atoms with Gasteiger partial charge in [-0.1, -0.05) is 15.9 Å². The fourth-order valence-corrected chi connectivity index (χ4v) is 4.23. The maximum atomic E-state index is 12.7. The summed E-state index contributed by atoms with van der Waals surface area (Å²) in [6, 6.07) is 4.95. The van der Waals surface area contributed by atoms with Gasteiger partial charge in [0, 0.05) is 24.2 Å². The zero-order chi connectivity index (χ0) is 14.0. The van der Waals surface area contributed by atoms with E-state index in [1.807, 2.05) is 0 Å². The first-order valence-electron chi connectivity index (χ1n) is 6.02. The molecule has 1 aliphatic rings. The number of hydrogen-bond donors (Lipinski definition) is 1. The smallest absolute Gasteiger partial charge is 0.245 e. The summed E-state index contributed by atoms with van der Waals surface area (Å²) in [6.07, 6.45) is 1.80. The average Bonchev–Trinajstić information content (AvgIpc) is 3.17. The molecular formula is C12H17BrN2O3S. The quantitative estimate of drug-likeness (QED) is 0.796. The third-order valence-corrected chi connectivity index (χ3v) is 5.53. The maximum Gasteiger partial charge on any atom is 0.245 e. The normalized spacial score (nSPS) is 15.9. The first-order chi connectivity index (χ1) is 8.96. The third kappa shape index (κ3) is 3.28. The van der Waals surface area contributed by atoms with E-state index in [0.29, 0.717) is 17.6 Å². The number of anilines is 1. The number of nitrogens with two attached hydrogens (primary N) is 1. The zero-order valence-electron chi connectivity index (χ0n) is 10.7. The topological polar surface area (TPSA) is 72.6 Å². The lowest BCUT2D eigenvalue weighted by Gasteiger charge is -2.22. The highest BCUT2D eigenvalue weighted by atomic mass is 79.9. The van der Waals surface area contributed by atoms with E-state index in [1.165, 1.54) is 4.31 Å². The van der Waals surface area contributed by atoms with Gasteiger partial charge in [-0.25, -0.2) is 8.42 Å². The van der Waals surface area contributed by atoms with Gasteiger partial charge in [0.1, 0.15) is 4.90 Å². The molecule has 19 heavy (non-hydrogen) atoms. The van der Waals surface area contributed by atoms with Crippen molar-refractivity contribution in [2.24, 2.45) is 0 Å². The molecule has 0 aromatic heterocycles. The molecule has 1 aromatic rings. The number of methoxy groups -OCH3 is 1. The number of ether oxygens (including phenoxy) is 1. The van der Waals surface area contributed by atoms with Gasteiger partial charge in [-0.3, -0.25) is 0 Å². The molecule has 0 amide bonds. The van der Waals surface area contributed by atoms with E-state index in [2.05, 4.69) is 15.9 Å². The highest BCUT2D eigenvalue weighted by Gasteiger charge is 2.38. The maximum absolute atomic E-state index is 12.7. The Morgan fingerprint density at radius 1 is 1.47 bits per heavy atom. The SMILES string of the molecule is COCCN(C1CC1)S(=O)(=O)c1cc(Br)ccc1N. The molecule has 0 unspecified atom stereocenters. The highest BCUT2D eigenvalue weighted by Crippen LogP contribution is 2.34. The van der Waals surface area contributed by atoms with Crippen molar-refractivity contribution < 1.29 is 13.2 Å². The molecule has 2 rings (SSSR count). The number of halogens is 1. The predicted octanol–water partition coefficient (Wildman–Crippen LogP) is 1.83. The standard InChI is InChI=1S/C12H17BrN2O3S/c1-18-7-6-15(10-3-4-10)19(16,17)12-8-9(13)2-5-11(12)14/h2,5,8,10H,3-4,6-7,14H2,1H3. The van der Waals surface area contributed by atoms with Crippen LogP contribution in [0.4, 0.5) is 5.69 Å². The summed E-state index contributed by atoms with van der Waals surface area (Å²) in [4.78, 5) is 0.157. The van der Waals surface area contributed by atoms with E-state index in [9.17, 15) is 8.42 Å². The van der Waals surface area contributed by atoms with E-state index in [0.717, 1.165) is 12.8 Å². The molecule has 5 nitrogen and oxygen atoms in total. The molecule has 0 saturated heterocycles. The molecule has 0 aliphatic heterocycles. The van der Waals surface area contributed by atoms with Gasteiger partial charge < -0.3 is 10.5 Å². The van der Waals surface area contributed by atoms with Crippen molar-refractivity contribution in [3.05, 3.63) is 22.7 Å². The van der Waals surface area contributed by atoms with Crippen LogP contribution in [-0.2, 0) is 14.8 Å². The van der Waals surface area contributed by atoms with Gasteiger partial charge in [0.15, 0.2) is 0 Å². The van der Waals surface area contributed by atoms with Gasteiger partial charge in [-0.15, -0.1) is 0 Å². The largest absolute Gasteiger partial charge is 0.398 e. The second-order valence-electron chi connectivity index (χ2n) is 4.52. The molecule has 0 bridgehead atoms. The van der Waals surface area contributed by atoms with Crippen LogP contribution in [0.2, 0.25) is 0 Å². The Hall–Kier alpha value is -0.630. The van der Waals surface area contributed by atoms with Crippen LogP contribution < -0.4 is 5.73 Å². The van der Waals surface area contributed by atoms with E-state index in [-0.39, 0.29) is 16.6 Å². The Labute approximate surface area is 121 Å². The fourth-order valence-electron chi connectivity index (χ4n) is 1.90. The van der Waals surface area contributed by atoms with Crippen LogP contribution >= 0.6 is 15.9 Å². The van der Waals surface area contributed by atoms with Gasteiger partial charge in [0.2, 0.25) is 10.0 Å². The van der Waals surface area contributed by atoms with Crippen LogP contribution in [-0.4, -0.2) is 39.0 Å². The van der Waals surface area contributed by atoms with Gasteiger partial charge >= 0.3 is 0 Å². The number of sulfonamides is 1. The van der Waals surface area contributed by atoms with Crippen molar-refractivity contribution in [1.29, 1.82) is 0 Å². The first kappa shape index (κ1) is 14.8. The summed E-state index contributed by atoms with van der Waals surface area (Å²) < 4.78 is 32.5. The summed E-state index contributed by atoms with van der Waals surface area (Å²) in [5.74, 6) is 0. The number of benzene rings is 1.